The molecule has 3 aromatic rings. The highest BCUT2D eigenvalue weighted by molar-refractivity contribution is 6.45. The molecule has 0 amide bonds. The first kappa shape index (κ1) is 20.2. The van der Waals surface area contributed by atoms with E-state index in [0.717, 1.165) is 42.4 Å². The zero-order chi connectivity index (χ0) is 20.8. The number of nitrogens with zero attached hydrogens (tertiary/aromatic N) is 2. The van der Waals surface area contributed by atoms with Crippen molar-refractivity contribution in [3.05, 3.63) is 34.7 Å². The first-order valence-corrected chi connectivity index (χ1v) is 10.9. The molecule has 2 aliphatic rings. The fourth-order valence-corrected chi connectivity index (χ4v) is 4.75. The van der Waals surface area contributed by atoms with Crippen LogP contribution in [0.25, 0.3) is 22.0 Å². The number of aliphatic hydroxyl groups is 2. The van der Waals surface area contributed by atoms with Gasteiger partial charge in [0.15, 0.2) is 0 Å². The summed E-state index contributed by atoms with van der Waals surface area (Å²) in [6, 6.07) is 1.66. The Balaban J connectivity index is 1.54. The second kappa shape index (κ2) is 8.05. The van der Waals surface area contributed by atoms with Crippen molar-refractivity contribution in [2.24, 2.45) is 0 Å². The number of H-pyrrole nitrogens is 1. The van der Waals surface area contributed by atoms with Gasteiger partial charge in [0, 0.05) is 49.0 Å². The third-order valence-electron chi connectivity index (χ3n) is 5.90. The van der Waals surface area contributed by atoms with Crippen LogP contribution in [-0.2, 0) is 4.74 Å². The average molecular weight is 452 g/mol. The lowest BCUT2D eigenvalue weighted by atomic mass is 10.1. The Morgan fingerprint density at radius 2 is 2.10 bits per heavy atom. The minimum atomic E-state index is -0.738. The molecule has 1 aliphatic heterocycles. The maximum absolute atomic E-state index is 10.2. The van der Waals surface area contributed by atoms with Crippen LogP contribution >= 0.6 is 23.2 Å². The van der Waals surface area contributed by atoms with E-state index in [2.05, 4.69) is 10.1 Å². The van der Waals surface area contributed by atoms with E-state index < -0.39 is 18.3 Å². The summed E-state index contributed by atoms with van der Waals surface area (Å²) in [5.74, 6) is 0.510. The number of aromatic amines is 1. The van der Waals surface area contributed by atoms with Gasteiger partial charge in [-0.25, -0.2) is 4.68 Å². The van der Waals surface area contributed by atoms with Gasteiger partial charge in [-0.05, 0) is 19.3 Å². The Morgan fingerprint density at radius 3 is 2.83 bits per heavy atom. The minimum absolute atomic E-state index is 0.0541. The minimum Gasteiger partial charge on any atom is -0.487 e. The van der Waals surface area contributed by atoms with Crippen molar-refractivity contribution in [2.45, 2.75) is 56.6 Å². The molecular formula is C21H23Cl2N3O4. The lowest BCUT2D eigenvalue weighted by molar-refractivity contribution is -0.0394. The molecule has 1 saturated heterocycles. The lowest BCUT2D eigenvalue weighted by Crippen LogP contribution is -2.25. The van der Waals surface area contributed by atoms with Crippen molar-refractivity contribution in [3.63, 3.8) is 0 Å². The Kier molecular flexibility index (Phi) is 5.41. The van der Waals surface area contributed by atoms with Gasteiger partial charge in [-0.1, -0.05) is 23.2 Å². The van der Waals surface area contributed by atoms with Crippen LogP contribution in [0.2, 0.25) is 10.0 Å². The molecule has 3 heterocycles. The number of aromatic nitrogens is 3. The highest BCUT2D eigenvalue weighted by Crippen LogP contribution is 2.43. The zero-order valence-electron chi connectivity index (χ0n) is 16.2. The number of rotatable bonds is 4. The molecule has 1 aliphatic carbocycles. The van der Waals surface area contributed by atoms with Crippen LogP contribution in [0, 0.1) is 0 Å². The second-order valence-corrected chi connectivity index (χ2v) is 8.79. The fourth-order valence-electron chi connectivity index (χ4n) is 4.35. The maximum Gasteiger partial charge on any atom is 0.150 e. The Labute approximate surface area is 183 Å². The van der Waals surface area contributed by atoms with Gasteiger partial charge in [0.2, 0.25) is 0 Å². The van der Waals surface area contributed by atoms with Gasteiger partial charge in [-0.3, -0.25) is 0 Å². The SMILES string of the molecule is OC1CC(O)C(Oc2cc(Cl)c(Cl)c3[nH]cc(-c4cnn(C5CCCCO5)c4)c23)C1. The number of fused-ring (bicyclic) bond motifs is 1. The summed E-state index contributed by atoms with van der Waals surface area (Å²) in [4.78, 5) is 3.19. The highest BCUT2D eigenvalue weighted by Gasteiger charge is 2.34. The number of ether oxygens (including phenoxy) is 2. The van der Waals surface area contributed by atoms with Gasteiger partial charge in [0.1, 0.15) is 18.1 Å². The number of halogens is 2. The molecule has 3 N–H and O–H groups in total. The van der Waals surface area contributed by atoms with Gasteiger partial charge in [0.05, 0.1) is 39.4 Å². The average Bonchev–Trinajstić information content (AvgIpc) is 3.45. The standard InChI is InChI=1S/C21H23Cl2N3O4/c22-14-7-17(30-16-6-12(27)5-15(16)28)19-13(9-24-21(19)20(14)23)11-8-25-26(10-11)18-3-1-2-4-29-18/h7-10,12,15-16,18,24,27-28H,1-6H2. The topological polar surface area (TPSA) is 92.5 Å². The van der Waals surface area contributed by atoms with E-state index in [4.69, 9.17) is 32.7 Å². The van der Waals surface area contributed by atoms with Crippen molar-refractivity contribution < 1.29 is 19.7 Å². The Bertz CT molecular complexity index is 1060. The van der Waals surface area contributed by atoms with Crippen LogP contribution < -0.4 is 4.74 Å². The molecule has 30 heavy (non-hydrogen) atoms. The van der Waals surface area contributed by atoms with Gasteiger partial charge in [0.25, 0.3) is 0 Å². The zero-order valence-corrected chi connectivity index (χ0v) is 17.7. The predicted molar refractivity (Wildman–Crippen MR) is 114 cm³/mol. The summed E-state index contributed by atoms with van der Waals surface area (Å²) in [6.07, 6.45) is 7.51. The smallest absolute Gasteiger partial charge is 0.150 e. The highest BCUT2D eigenvalue weighted by atomic mass is 35.5. The van der Waals surface area contributed by atoms with E-state index in [9.17, 15) is 10.2 Å². The lowest BCUT2D eigenvalue weighted by Gasteiger charge is -2.22. The molecular weight excluding hydrogens is 429 g/mol. The normalized spacial score (nSPS) is 27.1. The van der Waals surface area contributed by atoms with E-state index in [1.54, 1.807) is 12.3 Å². The van der Waals surface area contributed by atoms with Crippen LogP contribution in [0.3, 0.4) is 0 Å². The van der Waals surface area contributed by atoms with Gasteiger partial charge < -0.3 is 24.7 Å². The third kappa shape index (κ3) is 3.59. The summed E-state index contributed by atoms with van der Waals surface area (Å²) in [7, 11) is 0. The first-order valence-electron chi connectivity index (χ1n) is 10.2. The van der Waals surface area contributed by atoms with Crippen LogP contribution in [-0.4, -0.2) is 49.9 Å². The molecule has 5 rings (SSSR count). The van der Waals surface area contributed by atoms with Crippen LogP contribution in [0.15, 0.2) is 24.7 Å². The molecule has 0 radical (unpaired) electrons. The summed E-state index contributed by atoms with van der Waals surface area (Å²) in [5, 5.41) is 26.1. The molecule has 2 fully saturated rings. The van der Waals surface area contributed by atoms with E-state index in [1.807, 2.05) is 17.1 Å². The molecule has 0 bridgehead atoms. The molecule has 4 unspecified atom stereocenters. The van der Waals surface area contributed by atoms with Crippen molar-refractivity contribution in [3.8, 4) is 16.9 Å². The number of aliphatic hydroxyl groups excluding tert-OH is 2. The second-order valence-electron chi connectivity index (χ2n) is 8.00. The Morgan fingerprint density at radius 1 is 1.23 bits per heavy atom. The Hall–Kier alpha value is -1.77. The molecule has 0 spiro atoms. The van der Waals surface area contributed by atoms with Crippen molar-refractivity contribution >= 4 is 34.1 Å². The summed E-state index contributed by atoms with van der Waals surface area (Å²) in [5.41, 5.74) is 2.42. The number of nitrogens with one attached hydrogen (secondary N) is 1. The molecule has 1 aromatic carbocycles. The first-order chi connectivity index (χ1) is 14.5. The van der Waals surface area contributed by atoms with Crippen molar-refractivity contribution in [1.29, 1.82) is 0 Å². The predicted octanol–water partition coefficient (Wildman–Crippen LogP) is 4.30. The van der Waals surface area contributed by atoms with Gasteiger partial charge >= 0.3 is 0 Å². The quantitative estimate of drug-likeness (QED) is 0.549. The third-order valence-corrected chi connectivity index (χ3v) is 6.69. The van der Waals surface area contributed by atoms with E-state index in [-0.39, 0.29) is 6.23 Å². The van der Waals surface area contributed by atoms with E-state index in [0.29, 0.717) is 34.2 Å². The number of benzene rings is 1. The molecule has 9 heteroatoms. The van der Waals surface area contributed by atoms with Crippen molar-refractivity contribution in [2.75, 3.05) is 6.61 Å². The van der Waals surface area contributed by atoms with Gasteiger partial charge in [-0.15, -0.1) is 0 Å². The number of hydrogen-bond acceptors (Lipinski definition) is 5. The van der Waals surface area contributed by atoms with Crippen LogP contribution in [0.4, 0.5) is 0 Å². The number of hydrogen-bond donors (Lipinski definition) is 3. The largest absolute Gasteiger partial charge is 0.487 e. The summed E-state index contributed by atoms with van der Waals surface area (Å²) < 4.78 is 13.8. The molecule has 160 valence electrons. The molecule has 7 nitrogen and oxygen atoms in total. The summed E-state index contributed by atoms with van der Waals surface area (Å²) >= 11 is 12.8. The fraction of sp³-hybridized carbons (Fsp3) is 0.476. The molecule has 4 atom stereocenters. The maximum atomic E-state index is 10.2. The van der Waals surface area contributed by atoms with Crippen LogP contribution in [0.1, 0.15) is 38.3 Å². The monoisotopic (exact) mass is 451 g/mol. The molecule has 1 saturated carbocycles. The van der Waals surface area contributed by atoms with Gasteiger partial charge in [-0.2, -0.15) is 5.10 Å². The molecule has 2 aromatic heterocycles. The van der Waals surface area contributed by atoms with Crippen LogP contribution in [0.5, 0.6) is 5.75 Å². The van der Waals surface area contributed by atoms with Crippen molar-refractivity contribution in [1.82, 2.24) is 14.8 Å². The summed E-state index contributed by atoms with van der Waals surface area (Å²) in [6.45, 7) is 0.745. The van der Waals surface area contributed by atoms with E-state index in [1.165, 1.54) is 0 Å². The van der Waals surface area contributed by atoms with E-state index >= 15 is 0 Å².